The van der Waals surface area contributed by atoms with E-state index in [1.165, 1.54) is 31.3 Å². The number of ether oxygens (including phenoxy) is 2. The van der Waals surface area contributed by atoms with E-state index in [9.17, 15) is 9.18 Å². The number of hydrogen-bond acceptors (Lipinski definition) is 4. The van der Waals surface area contributed by atoms with Gasteiger partial charge >= 0.3 is 0 Å². The predicted octanol–water partition coefficient (Wildman–Crippen LogP) is 0.915. The number of carbonyl (C=O) groups is 1. The average molecular weight is 271 g/mol. The van der Waals surface area contributed by atoms with Crippen LogP contribution in [-0.2, 0) is 4.74 Å². The Morgan fingerprint density at radius 2 is 2.11 bits per heavy atom. The Morgan fingerprint density at radius 1 is 1.37 bits per heavy atom. The van der Waals surface area contributed by atoms with Gasteiger partial charge in [-0.2, -0.15) is 0 Å². The molecule has 6 heteroatoms. The van der Waals surface area contributed by atoms with Gasteiger partial charge in [0.15, 0.2) is 11.6 Å². The van der Waals surface area contributed by atoms with Gasteiger partial charge < -0.3 is 19.5 Å². The third-order valence-corrected chi connectivity index (χ3v) is 2.62. The molecular formula is C13H18FNO4. The molecule has 0 aliphatic carbocycles. The van der Waals surface area contributed by atoms with Gasteiger partial charge in [0, 0.05) is 25.8 Å². The molecule has 1 rings (SSSR count). The van der Waals surface area contributed by atoms with Gasteiger partial charge in [-0.3, -0.25) is 4.79 Å². The third-order valence-electron chi connectivity index (χ3n) is 2.62. The summed E-state index contributed by atoms with van der Waals surface area (Å²) in [6.07, 6.45) is 0. The van der Waals surface area contributed by atoms with E-state index in [1.807, 2.05) is 0 Å². The molecule has 5 nitrogen and oxygen atoms in total. The van der Waals surface area contributed by atoms with Crippen molar-refractivity contribution in [3.63, 3.8) is 0 Å². The Morgan fingerprint density at radius 3 is 2.63 bits per heavy atom. The van der Waals surface area contributed by atoms with E-state index in [0.717, 1.165) is 6.07 Å². The minimum Gasteiger partial charge on any atom is -0.494 e. The molecule has 0 saturated carbocycles. The molecule has 0 fully saturated rings. The van der Waals surface area contributed by atoms with Crippen molar-refractivity contribution in [3.8, 4) is 5.75 Å². The van der Waals surface area contributed by atoms with Crippen LogP contribution in [0.3, 0.4) is 0 Å². The Balaban J connectivity index is 2.86. The second kappa shape index (κ2) is 7.70. The number of benzene rings is 1. The van der Waals surface area contributed by atoms with E-state index in [0.29, 0.717) is 13.2 Å². The molecule has 0 atom stereocenters. The van der Waals surface area contributed by atoms with E-state index in [1.54, 1.807) is 0 Å². The van der Waals surface area contributed by atoms with Crippen molar-refractivity contribution in [1.29, 1.82) is 0 Å². The minimum absolute atomic E-state index is 0.0853. The van der Waals surface area contributed by atoms with Crippen molar-refractivity contribution in [2.75, 3.05) is 40.5 Å². The maximum absolute atomic E-state index is 13.5. The van der Waals surface area contributed by atoms with E-state index in [-0.39, 0.29) is 30.4 Å². The van der Waals surface area contributed by atoms with Crippen molar-refractivity contribution in [2.24, 2.45) is 0 Å². The lowest BCUT2D eigenvalue weighted by molar-refractivity contribution is 0.0656. The molecule has 0 saturated heterocycles. The lowest BCUT2D eigenvalue weighted by atomic mass is 10.2. The molecule has 0 aliphatic heterocycles. The lowest BCUT2D eigenvalue weighted by Crippen LogP contribution is -2.36. The highest BCUT2D eigenvalue weighted by Gasteiger charge is 2.16. The van der Waals surface area contributed by atoms with Crippen LogP contribution in [0.15, 0.2) is 18.2 Å². The zero-order valence-corrected chi connectivity index (χ0v) is 11.1. The second-order valence-electron chi connectivity index (χ2n) is 3.86. The van der Waals surface area contributed by atoms with Gasteiger partial charge in [0.1, 0.15) is 0 Å². The molecule has 1 aromatic carbocycles. The SMILES string of the molecule is COCCN(CCO)C(=O)c1ccc(OC)c(F)c1. The molecule has 1 aromatic rings. The summed E-state index contributed by atoms with van der Waals surface area (Å²) < 4.78 is 23.2. The van der Waals surface area contributed by atoms with E-state index in [2.05, 4.69) is 0 Å². The first kappa shape index (κ1) is 15.4. The quantitative estimate of drug-likeness (QED) is 0.801. The van der Waals surface area contributed by atoms with Crippen molar-refractivity contribution in [1.82, 2.24) is 4.90 Å². The number of aliphatic hydroxyl groups excluding tert-OH is 1. The first-order valence-electron chi connectivity index (χ1n) is 5.86. The number of methoxy groups -OCH3 is 2. The maximum atomic E-state index is 13.5. The summed E-state index contributed by atoms with van der Waals surface area (Å²) in [4.78, 5) is 13.6. The molecule has 0 radical (unpaired) electrons. The van der Waals surface area contributed by atoms with Gasteiger partial charge in [0.25, 0.3) is 5.91 Å². The fourth-order valence-corrected chi connectivity index (χ4v) is 1.62. The average Bonchev–Trinajstić information content (AvgIpc) is 2.42. The zero-order valence-electron chi connectivity index (χ0n) is 11.1. The molecule has 0 aromatic heterocycles. The molecule has 0 bridgehead atoms. The first-order chi connectivity index (χ1) is 9.13. The Bertz CT molecular complexity index is 425. The fraction of sp³-hybridized carbons (Fsp3) is 0.462. The van der Waals surface area contributed by atoms with E-state index >= 15 is 0 Å². The van der Waals surface area contributed by atoms with Crippen LogP contribution in [0.4, 0.5) is 4.39 Å². The maximum Gasteiger partial charge on any atom is 0.254 e. The van der Waals surface area contributed by atoms with Crippen LogP contribution < -0.4 is 4.74 Å². The third kappa shape index (κ3) is 4.18. The Kier molecular flexibility index (Phi) is 6.24. The van der Waals surface area contributed by atoms with Gasteiger partial charge in [-0.1, -0.05) is 0 Å². The minimum atomic E-state index is -0.593. The summed E-state index contributed by atoms with van der Waals surface area (Å²) in [6, 6.07) is 4.01. The van der Waals surface area contributed by atoms with Gasteiger partial charge in [-0.25, -0.2) is 4.39 Å². The molecular weight excluding hydrogens is 253 g/mol. The summed E-state index contributed by atoms with van der Waals surface area (Å²) >= 11 is 0. The number of halogens is 1. The van der Waals surface area contributed by atoms with E-state index < -0.39 is 5.82 Å². The van der Waals surface area contributed by atoms with Crippen molar-refractivity contribution in [3.05, 3.63) is 29.6 Å². The van der Waals surface area contributed by atoms with Crippen LogP contribution >= 0.6 is 0 Å². The summed E-state index contributed by atoms with van der Waals surface area (Å²) in [5.41, 5.74) is 0.211. The Hall–Kier alpha value is -1.66. The highest BCUT2D eigenvalue weighted by molar-refractivity contribution is 5.94. The van der Waals surface area contributed by atoms with Crippen LogP contribution in [0.2, 0.25) is 0 Å². The molecule has 19 heavy (non-hydrogen) atoms. The standard InChI is InChI=1S/C13H18FNO4/c1-18-8-6-15(5-7-16)13(17)10-3-4-12(19-2)11(14)9-10/h3-4,9,16H,5-8H2,1-2H3. The number of rotatable bonds is 7. The molecule has 0 heterocycles. The van der Waals surface area contributed by atoms with Crippen LogP contribution in [-0.4, -0.2) is 56.4 Å². The van der Waals surface area contributed by atoms with Crippen molar-refractivity contribution >= 4 is 5.91 Å². The molecule has 0 unspecified atom stereocenters. The highest BCUT2D eigenvalue weighted by Crippen LogP contribution is 2.18. The summed E-state index contributed by atoms with van der Waals surface area (Å²) in [5.74, 6) is -0.862. The predicted molar refractivity (Wildman–Crippen MR) is 67.8 cm³/mol. The van der Waals surface area contributed by atoms with Gasteiger partial charge in [-0.15, -0.1) is 0 Å². The number of hydrogen-bond donors (Lipinski definition) is 1. The van der Waals surface area contributed by atoms with Crippen molar-refractivity contribution in [2.45, 2.75) is 0 Å². The number of aliphatic hydroxyl groups is 1. The zero-order chi connectivity index (χ0) is 14.3. The normalized spacial score (nSPS) is 10.3. The first-order valence-corrected chi connectivity index (χ1v) is 5.86. The molecule has 0 aliphatic rings. The molecule has 1 N–H and O–H groups in total. The number of carbonyl (C=O) groups excluding carboxylic acids is 1. The molecule has 106 valence electrons. The van der Waals surface area contributed by atoms with Crippen molar-refractivity contribution < 1.29 is 23.8 Å². The number of amides is 1. The fourth-order valence-electron chi connectivity index (χ4n) is 1.62. The van der Waals surface area contributed by atoms with Gasteiger partial charge in [0.05, 0.1) is 20.3 Å². The van der Waals surface area contributed by atoms with Crippen LogP contribution in [0.1, 0.15) is 10.4 Å². The Labute approximate surface area is 111 Å². The highest BCUT2D eigenvalue weighted by atomic mass is 19.1. The molecule has 1 amide bonds. The van der Waals surface area contributed by atoms with Gasteiger partial charge in [0.2, 0.25) is 0 Å². The smallest absolute Gasteiger partial charge is 0.254 e. The second-order valence-corrected chi connectivity index (χ2v) is 3.86. The van der Waals surface area contributed by atoms with Crippen LogP contribution in [0.5, 0.6) is 5.75 Å². The summed E-state index contributed by atoms with van der Waals surface area (Å²) in [5, 5.41) is 8.94. The number of nitrogens with zero attached hydrogens (tertiary/aromatic N) is 1. The van der Waals surface area contributed by atoms with Gasteiger partial charge in [-0.05, 0) is 18.2 Å². The molecule has 0 spiro atoms. The lowest BCUT2D eigenvalue weighted by Gasteiger charge is -2.21. The van der Waals surface area contributed by atoms with Crippen LogP contribution in [0.25, 0.3) is 0 Å². The summed E-state index contributed by atoms with van der Waals surface area (Å²) in [6.45, 7) is 0.706. The summed E-state index contributed by atoms with van der Waals surface area (Å²) in [7, 11) is 2.88. The monoisotopic (exact) mass is 271 g/mol. The topological polar surface area (TPSA) is 59.0 Å². The van der Waals surface area contributed by atoms with Crippen LogP contribution in [0, 0.1) is 5.82 Å². The van der Waals surface area contributed by atoms with E-state index in [4.69, 9.17) is 14.6 Å². The largest absolute Gasteiger partial charge is 0.494 e.